The van der Waals surface area contributed by atoms with E-state index in [-0.39, 0.29) is 0 Å². The Kier molecular flexibility index (Phi) is 5.80. The summed E-state index contributed by atoms with van der Waals surface area (Å²) in [5, 5.41) is 21.0. The van der Waals surface area contributed by atoms with Crippen molar-refractivity contribution in [1.82, 2.24) is 4.90 Å². The Morgan fingerprint density at radius 3 is 2.52 bits per heavy atom. The Morgan fingerprint density at radius 1 is 1.24 bits per heavy atom. The molecule has 2 N–H and O–H groups in total. The summed E-state index contributed by atoms with van der Waals surface area (Å²) in [6.07, 6.45) is 4.20. The molecule has 1 saturated heterocycles. The van der Waals surface area contributed by atoms with E-state index in [1.807, 2.05) is 44.2 Å². The first kappa shape index (κ1) is 16.5. The van der Waals surface area contributed by atoms with Crippen molar-refractivity contribution in [3.8, 4) is 0 Å². The zero-order valence-electron chi connectivity index (χ0n) is 13.3. The van der Waals surface area contributed by atoms with Gasteiger partial charge in [-0.2, -0.15) is 0 Å². The van der Waals surface area contributed by atoms with Gasteiger partial charge < -0.3 is 10.2 Å². The van der Waals surface area contributed by atoms with E-state index in [2.05, 4.69) is 4.90 Å². The van der Waals surface area contributed by atoms with Gasteiger partial charge in [0.15, 0.2) is 0 Å². The van der Waals surface area contributed by atoms with Gasteiger partial charge in [0.1, 0.15) is 0 Å². The van der Waals surface area contributed by atoms with Gasteiger partial charge >= 0.3 is 0 Å². The summed E-state index contributed by atoms with van der Waals surface area (Å²) in [6, 6.07) is 10.3. The molecule has 1 aromatic rings. The second-order valence-electron chi connectivity index (χ2n) is 6.36. The molecule has 3 nitrogen and oxygen atoms in total. The summed E-state index contributed by atoms with van der Waals surface area (Å²) in [4.78, 5) is 2.37. The Balaban J connectivity index is 1.96. The summed E-state index contributed by atoms with van der Waals surface area (Å²) < 4.78 is 0. The number of nitrogens with zero attached hydrogens (tertiary/aromatic N) is 1. The molecule has 1 aliphatic heterocycles. The molecule has 0 aromatic heterocycles. The topological polar surface area (TPSA) is 43.7 Å². The van der Waals surface area contributed by atoms with E-state index in [1.54, 1.807) is 0 Å². The van der Waals surface area contributed by atoms with Crippen molar-refractivity contribution < 1.29 is 10.2 Å². The van der Waals surface area contributed by atoms with Gasteiger partial charge in [-0.15, -0.1) is 0 Å². The van der Waals surface area contributed by atoms with E-state index in [4.69, 9.17) is 0 Å². The smallest absolute Gasteiger partial charge is 0.0805 e. The van der Waals surface area contributed by atoms with Crippen LogP contribution in [-0.2, 0) is 0 Å². The molecule has 0 saturated carbocycles. The molecule has 2 unspecified atom stereocenters. The Morgan fingerprint density at radius 2 is 1.90 bits per heavy atom. The van der Waals surface area contributed by atoms with Crippen LogP contribution in [0, 0.1) is 0 Å². The van der Waals surface area contributed by atoms with E-state index >= 15 is 0 Å². The fraction of sp³-hybridized carbons (Fsp3) is 0.667. The lowest BCUT2D eigenvalue weighted by Crippen LogP contribution is -2.44. The molecule has 2 atom stereocenters. The molecule has 3 heteroatoms. The van der Waals surface area contributed by atoms with Crippen molar-refractivity contribution in [1.29, 1.82) is 0 Å². The highest BCUT2D eigenvalue weighted by Gasteiger charge is 2.33. The summed E-state index contributed by atoms with van der Waals surface area (Å²) >= 11 is 0. The van der Waals surface area contributed by atoms with Gasteiger partial charge in [-0.05, 0) is 44.2 Å². The van der Waals surface area contributed by atoms with Gasteiger partial charge in [0.2, 0.25) is 0 Å². The fourth-order valence-corrected chi connectivity index (χ4v) is 3.29. The highest BCUT2D eigenvalue weighted by atomic mass is 16.3. The Labute approximate surface area is 128 Å². The van der Waals surface area contributed by atoms with E-state index in [9.17, 15) is 10.2 Å². The number of likely N-dealkylation sites (tertiary alicyclic amines) is 1. The molecule has 1 aromatic carbocycles. The molecule has 0 amide bonds. The van der Waals surface area contributed by atoms with Crippen molar-refractivity contribution in [3.63, 3.8) is 0 Å². The normalized spacial score (nSPS) is 21.6. The third kappa shape index (κ3) is 4.29. The van der Waals surface area contributed by atoms with Gasteiger partial charge in [0.25, 0.3) is 0 Å². The van der Waals surface area contributed by atoms with Gasteiger partial charge in [-0.25, -0.2) is 0 Å². The Hall–Kier alpha value is -0.900. The van der Waals surface area contributed by atoms with E-state index in [0.29, 0.717) is 6.04 Å². The third-order valence-corrected chi connectivity index (χ3v) is 4.99. The monoisotopic (exact) mass is 291 g/mol. The molecule has 118 valence electrons. The lowest BCUT2D eigenvalue weighted by molar-refractivity contribution is -0.0120. The minimum absolute atomic E-state index is 0.379. The largest absolute Gasteiger partial charge is 0.389 e. The molecule has 1 fully saturated rings. The Bertz CT molecular complexity index is 416. The van der Waals surface area contributed by atoms with Gasteiger partial charge in [-0.1, -0.05) is 44.2 Å². The number of aliphatic hydroxyl groups is 2. The number of hydrogen-bond acceptors (Lipinski definition) is 3. The molecule has 0 aliphatic carbocycles. The van der Waals surface area contributed by atoms with Crippen LogP contribution < -0.4 is 0 Å². The summed E-state index contributed by atoms with van der Waals surface area (Å²) in [5.74, 6) is 0. The first-order valence-corrected chi connectivity index (χ1v) is 8.27. The SMILES string of the molecule is CCC(O)(CC)CN1CCCC1CC(O)c1ccccc1. The average Bonchev–Trinajstić information content (AvgIpc) is 2.94. The lowest BCUT2D eigenvalue weighted by atomic mass is 9.95. The number of benzene rings is 1. The first-order chi connectivity index (χ1) is 10.1. The zero-order valence-corrected chi connectivity index (χ0v) is 13.3. The summed E-state index contributed by atoms with van der Waals surface area (Å²) in [6.45, 7) is 5.86. The molecule has 0 bridgehead atoms. The van der Waals surface area contributed by atoms with E-state index < -0.39 is 11.7 Å². The highest BCUT2D eigenvalue weighted by molar-refractivity contribution is 5.17. The van der Waals surface area contributed by atoms with Crippen LogP contribution in [-0.4, -0.2) is 39.8 Å². The second-order valence-corrected chi connectivity index (χ2v) is 6.36. The standard InChI is InChI=1S/C18H29NO2/c1-3-18(21,4-2)14-19-12-8-11-16(19)13-17(20)15-9-6-5-7-10-15/h5-7,9-10,16-17,20-21H,3-4,8,11-14H2,1-2H3. The van der Waals surface area contributed by atoms with Crippen LogP contribution in [0.3, 0.4) is 0 Å². The molecule has 21 heavy (non-hydrogen) atoms. The maximum absolute atomic E-state index is 10.6. The van der Waals surface area contributed by atoms with E-state index in [1.165, 1.54) is 0 Å². The van der Waals surface area contributed by atoms with Gasteiger partial charge in [-0.3, -0.25) is 4.90 Å². The molecule has 1 heterocycles. The van der Waals surface area contributed by atoms with Gasteiger partial charge in [0.05, 0.1) is 11.7 Å². The van der Waals surface area contributed by atoms with Crippen molar-refractivity contribution in [2.24, 2.45) is 0 Å². The predicted octanol–water partition coefficient (Wildman–Crippen LogP) is 3.13. The first-order valence-electron chi connectivity index (χ1n) is 8.27. The van der Waals surface area contributed by atoms with Crippen LogP contribution in [0.2, 0.25) is 0 Å². The predicted molar refractivity (Wildman–Crippen MR) is 86.1 cm³/mol. The van der Waals surface area contributed by atoms with Crippen LogP contribution in [0.15, 0.2) is 30.3 Å². The molecule has 2 rings (SSSR count). The second kappa shape index (κ2) is 7.39. The van der Waals surface area contributed by atoms with Crippen LogP contribution >= 0.6 is 0 Å². The molecule has 0 spiro atoms. The average molecular weight is 291 g/mol. The third-order valence-electron chi connectivity index (χ3n) is 4.99. The fourth-order valence-electron chi connectivity index (χ4n) is 3.29. The maximum atomic E-state index is 10.6. The van der Waals surface area contributed by atoms with Crippen LogP contribution in [0.1, 0.15) is 57.6 Å². The van der Waals surface area contributed by atoms with Crippen LogP contribution in [0.5, 0.6) is 0 Å². The number of hydrogen-bond donors (Lipinski definition) is 2. The quantitative estimate of drug-likeness (QED) is 0.811. The minimum Gasteiger partial charge on any atom is -0.389 e. The van der Waals surface area contributed by atoms with Crippen molar-refractivity contribution in [2.75, 3.05) is 13.1 Å². The number of aliphatic hydroxyl groups excluding tert-OH is 1. The molecular weight excluding hydrogens is 262 g/mol. The molecular formula is C18H29NO2. The maximum Gasteiger partial charge on any atom is 0.0805 e. The van der Waals surface area contributed by atoms with E-state index in [0.717, 1.165) is 50.8 Å². The summed E-state index contributed by atoms with van der Waals surface area (Å²) in [7, 11) is 0. The lowest BCUT2D eigenvalue weighted by Gasteiger charge is -2.34. The number of rotatable bonds is 7. The van der Waals surface area contributed by atoms with Crippen LogP contribution in [0.25, 0.3) is 0 Å². The molecule has 0 radical (unpaired) electrons. The van der Waals surface area contributed by atoms with Gasteiger partial charge in [0, 0.05) is 12.6 Å². The summed E-state index contributed by atoms with van der Waals surface area (Å²) in [5.41, 5.74) is 0.408. The minimum atomic E-state index is -0.583. The number of β-amino-alcohol motifs (C(OH)–C–C–N with tert-alkyl or cyclic N) is 1. The van der Waals surface area contributed by atoms with Crippen molar-refractivity contribution in [3.05, 3.63) is 35.9 Å². The van der Waals surface area contributed by atoms with Crippen molar-refractivity contribution in [2.45, 2.75) is 63.7 Å². The molecule has 1 aliphatic rings. The van der Waals surface area contributed by atoms with Crippen LogP contribution in [0.4, 0.5) is 0 Å². The van der Waals surface area contributed by atoms with Crippen molar-refractivity contribution >= 4 is 0 Å². The zero-order chi connectivity index (χ0) is 15.3. The highest BCUT2D eigenvalue weighted by Crippen LogP contribution is 2.29.